The second-order valence-corrected chi connectivity index (χ2v) is 7.90. The molecule has 0 saturated carbocycles. The SMILES string of the molecule is CN=C(NCc1ccccc1CN1CCOCC1)N1CCN(c2cnn(C)c2)C(=O)C1.I. The van der Waals surface area contributed by atoms with Gasteiger partial charge in [0.25, 0.3) is 0 Å². The van der Waals surface area contributed by atoms with Crippen LogP contribution >= 0.6 is 24.0 Å². The van der Waals surface area contributed by atoms with Crippen molar-refractivity contribution in [2.75, 3.05) is 57.9 Å². The maximum absolute atomic E-state index is 12.7. The number of morpholine rings is 1. The normalized spacial score (nSPS) is 17.9. The molecule has 1 aromatic heterocycles. The number of aryl methyl sites for hydroxylation is 1. The van der Waals surface area contributed by atoms with E-state index in [1.807, 2.05) is 18.1 Å². The van der Waals surface area contributed by atoms with Gasteiger partial charge in [0.1, 0.15) is 6.54 Å². The van der Waals surface area contributed by atoms with Crippen molar-refractivity contribution in [3.63, 3.8) is 0 Å². The Bertz CT molecular complexity index is 927. The minimum Gasteiger partial charge on any atom is -0.379 e. The fourth-order valence-corrected chi connectivity index (χ4v) is 4.07. The van der Waals surface area contributed by atoms with Crippen molar-refractivity contribution in [3.05, 3.63) is 47.8 Å². The molecule has 1 aromatic carbocycles. The van der Waals surface area contributed by atoms with E-state index >= 15 is 0 Å². The summed E-state index contributed by atoms with van der Waals surface area (Å²) >= 11 is 0. The van der Waals surface area contributed by atoms with Crippen LogP contribution in [0, 0.1) is 0 Å². The lowest BCUT2D eigenvalue weighted by molar-refractivity contribution is -0.120. The summed E-state index contributed by atoms with van der Waals surface area (Å²) in [4.78, 5) is 23.4. The molecular formula is C22H32IN7O2. The zero-order chi connectivity index (χ0) is 21.6. The fourth-order valence-electron chi connectivity index (χ4n) is 4.07. The number of ether oxygens (including phenoxy) is 1. The maximum Gasteiger partial charge on any atom is 0.246 e. The van der Waals surface area contributed by atoms with E-state index in [9.17, 15) is 4.79 Å². The molecule has 3 heterocycles. The lowest BCUT2D eigenvalue weighted by Crippen LogP contribution is -2.55. The van der Waals surface area contributed by atoms with E-state index in [1.165, 1.54) is 11.1 Å². The van der Waals surface area contributed by atoms with Gasteiger partial charge in [0, 0.05) is 59.6 Å². The van der Waals surface area contributed by atoms with Gasteiger partial charge in [0.05, 0.1) is 25.1 Å². The molecule has 9 nitrogen and oxygen atoms in total. The quantitative estimate of drug-likeness (QED) is 0.342. The summed E-state index contributed by atoms with van der Waals surface area (Å²) < 4.78 is 7.18. The number of aromatic nitrogens is 2. The van der Waals surface area contributed by atoms with Crippen LogP contribution in [0.4, 0.5) is 5.69 Å². The van der Waals surface area contributed by atoms with Crippen molar-refractivity contribution >= 4 is 41.5 Å². The first kappa shape index (κ1) is 24.5. The minimum absolute atomic E-state index is 0. The number of rotatable bonds is 5. The van der Waals surface area contributed by atoms with E-state index in [2.05, 4.69) is 44.6 Å². The number of benzene rings is 1. The Hall–Kier alpha value is -2.18. The fraction of sp³-hybridized carbons (Fsp3) is 0.500. The van der Waals surface area contributed by atoms with Crippen LogP contribution in [0.2, 0.25) is 0 Å². The Morgan fingerprint density at radius 1 is 1.16 bits per heavy atom. The average Bonchev–Trinajstić information content (AvgIpc) is 3.22. The number of carbonyl (C=O) groups is 1. The number of guanidine groups is 1. The second-order valence-electron chi connectivity index (χ2n) is 7.90. The monoisotopic (exact) mass is 553 g/mol. The van der Waals surface area contributed by atoms with Crippen molar-refractivity contribution in [3.8, 4) is 0 Å². The van der Waals surface area contributed by atoms with Gasteiger partial charge in [-0.3, -0.25) is 19.4 Å². The molecule has 0 aliphatic carbocycles. The molecule has 0 spiro atoms. The van der Waals surface area contributed by atoms with Gasteiger partial charge in [-0.05, 0) is 11.1 Å². The number of amides is 1. The molecular weight excluding hydrogens is 521 g/mol. The summed E-state index contributed by atoms with van der Waals surface area (Å²) in [6.07, 6.45) is 3.60. The molecule has 2 aliphatic heterocycles. The van der Waals surface area contributed by atoms with Crippen LogP contribution in [0.5, 0.6) is 0 Å². The van der Waals surface area contributed by atoms with Gasteiger partial charge in [0.15, 0.2) is 5.96 Å². The highest BCUT2D eigenvalue weighted by Crippen LogP contribution is 2.17. The van der Waals surface area contributed by atoms with Crippen LogP contribution < -0.4 is 10.2 Å². The molecule has 4 rings (SSSR count). The zero-order valence-corrected chi connectivity index (χ0v) is 21.1. The standard InChI is InChI=1S/C22H31N7O2.HI/c1-23-22(28-7-8-29(21(30)17-28)20-14-25-26(2)16-20)24-13-18-5-3-4-6-19(18)15-27-9-11-31-12-10-27;/h3-6,14,16H,7-13,15,17H2,1-2H3,(H,23,24);1H. The summed E-state index contributed by atoms with van der Waals surface area (Å²) in [5.74, 6) is 0.801. The van der Waals surface area contributed by atoms with Gasteiger partial charge < -0.3 is 19.9 Å². The van der Waals surface area contributed by atoms with Gasteiger partial charge in [-0.2, -0.15) is 5.10 Å². The molecule has 0 unspecified atom stereocenters. The third-order valence-corrected chi connectivity index (χ3v) is 5.79. The van der Waals surface area contributed by atoms with Gasteiger partial charge in [-0.25, -0.2) is 0 Å². The van der Waals surface area contributed by atoms with Crippen molar-refractivity contribution in [2.24, 2.45) is 12.0 Å². The van der Waals surface area contributed by atoms with Crippen LogP contribution in [0.25, 0.3) is 0 Å². The lowest BCUT2D eigenvalue weighted by Gasteiger charge is -2.35. The first-order valence-electron chi connectivity index (χ1n) is 10.8. The van der Waals surface area contributed by atoms with Crippen LogP contribution in [0.1, 0.15) is 11.1 Å². The van der Waals surface area contributed by atoms with E-state index in [4.69, 9.17) is 4.74 Å². The molecule has 0 bridgehead atoms. The van der Waals surface area contributed by atoms with E-state index < -0.39 is 0 Å². The number of hydrogen-bond acceptors (Lipinski definition) is 5. The highest BCUT2D eigenvalue weighted by Gasteiger charge is 2.27. The Kier molecular flexibility index (Phi) is 8.88. The Morgan fingerprint density at radius 2 is 1.91 bits per heavy atom. The highest BCUT2D eigenvalue weighted by molar-refractivity contribution is 14.0. The van der Waals surface area contributed by atoms with Gasteiger partial charge in [-0.15, -0.1) is 24.0 Å². The van der Waals surface area contributed by atoms with Gasteiger partial charge in [0.2, 0.25) is 5.91 Å². The summed E-state index contributed by atoms with van der Waals surface area (Å²) in [6, 6.07) is 8.50. The first-order valence-corrected chi connectivity index (χ1v) is 10.8. The lowest BCUT2D eigenvalue weighted by atomic mass is 10.1. The molecule has 2 aromatic rings. The summed E-state index contributed by atoms with van der Waals surface area (Å²) in [5.41, 5.74) is 3.40. The van der Waals surface area contributed by atoms with Crippen LogP contribution in [-0.2, 0) is 29.7 Å². The third-order valence-electron chi connectivity index (χ3n) is 5.79. The predicted octanol–water partition coefficient (Wildman–Crippen LogP) is 1.29. The molecule has 174 valence electrons. The van der Waals surface area contributed by atoms with E-state index in [0.717, 1.165) is 51.0 Å². The minimum atomic E-state index is 0. The maximum atomic E-state index is 12.7. The smallest absolute Gasteiger partial charge is 0.246 e. The number of nitrogens with one attached hydrogen (secondary N) is 1. The summed E-state index contributed by atoms with van der Waals surface area (Å²) in [7, 11) is 3.62. The summed E-state index contributed by atoms with van der Waals surface area (Å²) in [5, 5.41) is 7.63. The molecule has 32 heavy (non-hydrogen) atoms. The number of aliphatic imine (C=N–C) groups is 1. The Balaban J connectivity index is 0.00000289. The molecule has 2 fully saturated rings. The Labute approximate surface area is 206 Å². The number of halogens is 1. The van der Waals surface area contributed by atoms with E-state index in [-0.39, 0.29) is 29.9 Å². The Morgan fingerprint density at radius 3 is 2.56 bits per heavy atom. The van der Waals surface area contributed by atoms with Crippen molar-refractivity contribution in [1.29, 1.82) is 0 Å². The molecule has 0 radical (unpaired) electrons. The van der Waals surface area contributed by atoms with Crippen LogP contribution in [-0.4, -0.2) is 84.4 Å². The van der Waals surface area contributed by atoms with Gasteiger partial charge in [-0.1, -0.05) is 24.3 Å². The van der Waals surface area contributed by atoms with Crippen LogP contribution in [0.3, 0.4) is 0 Å². The number of piperazine rings is 1. The van der Waals surface area contributed by atoms with E-state index in [0.29, 0.717) is 19.6 Å². The van der Waals surface area contributed by atoms with Crippen molar-refractivity contribution < 1.29 is 9.53 Å². The molecule has 0 atom stereocenters. The topological polar surface area (TPSA) is 78.2 Å². The van der Waals surface area contributed by atoms with Crippen LogP contribution in [0.15, 0.2) is 41.7 Å². The number of hydrogen-bond donors (Lipinski definition) is 1. The van der Waals surface area contributed by atoms with Crippen molar-refractivity contribution in [1.82, 2.24) is 24.9 Å². The highest BCUT2D eigenvalue weighted by atomic mass is 127. The average molecular weight is 553 g/mol. The first-order chi connectivity index (χ1) is 15.1. The van der Waals surface area contributed by atoms with E-state index in [1.54, 1.807) is 22.8 Å². The molecule has 10 heteroatoms. The number of anilines is 1. The summed E-state index contributed by atoms with van der Waals surface area (Å²) in [6.45, 7) is 6.74. The molecule has 1 amide bonds. The van der Waals surface area contributed by atoms with Gasteiger partial charge >= 0.3 is 0 Å². The number of carbonyl (C=O) groups excluding carboxylic acids is 1. The molecule has 2 aliphatic rings. The number of nitrogens with zero attached hydrogens (tertiary/aromatic N) is 6. The molecule has 2 saturated heterocycles. The second kappa shape index (κ2) is 11.6. The predicted molar refractivity (Wildman–Crippen MR) is 135 cm³/mol. The van der Waals surface area contributed by atoms with Crippen molar-refractivity contribution in [2.45, 2.75) is 13.1 Å². The largest absolute Gasteiger partial charge is 0.379 e. The molecule has 1 N–H and O–H groups in total. The zero-order valence-electron chi connectivity index (χ0n) is 18.7. The third kappa shape index (κ3) is 5.99.